The van der Waals surface area contributed by atoms with Gasteiger partial charge in [0.2, 0.25) is 5.28 Å². The van der Waals surface area contributed by atoms with Crippen LogP contribution in [-0.4, -0.2) is 30.3 Å². The van der Waals surface area contributed by atoms with Crippen LogP contribution in [0.3, 0.4) is 0 Å². The van der Waals surface area contributed by atoms with Crippen molar-refractivity contribution < 1.29 is 9.66 Å². The number of ether oxygens (including phenoxy) is 1. The monoisotopic (exact) mass is 339 g/mol. The lowest BCUT2D eigenvalue weighted by Crippen LogP contribution is -2.21. The highest BCUT2D eigenvalue weighted by Crippen LogP contribution is 2.24. The molecule has 0 saturated heterocycles. The van der Waals surface area contributed by atoms with Crippen molar-refractivity contribution in [3.05, 3.63) is 45.2 Å². The Hall–Kier alpha value is -2.06. The summed E-state index contributed by atoms with van der Waals surface area (Å²) in [7, 11) is 0. The smallest absolute Gasteiger partial charge is 0.307 e. The Labute approximate surface area is 138 Å². The number of aromatic nitrogens is 4. The summed E-state index contributed by atoms with van der Waals surface area (Å²) in [6.07, 6.45) is 4.17. The van der Waals surface area contributed by atoms with Gasteiger partial charge in [-0.25, -0.2) is 9.97 Å². The molecule has 0 fully saturated rings. The molecule has 9 heteroatoms. The molecule has 0 aliphatic carbocycles. The lowest BCUT2D eigenvalue weighted by Gasteiger charge is -2.21. The molecule has 0 spiro atoms. The van der Waals surface area contributed by atoms with E-state index in [0.29, 0.717) is 5.69 Å². The van der Waals surface area contributed by atoms with Gasteiger partial charge < -0.3 is 4.74 Å². The second kappa shape index (κ2) is 6.59. The zero-order valence-electron chi connectivity index (χ0n) is 13.4. The summed E-state index contributed by atoms with van der Waals surface area (Å²) in [5.41, 5.74) is 0.976. The molecule has 0 bridgehead atoms. The summed E-state index contributed by atoms with van der Waals surface area (Å²) in [5.74, 6) is 0. The van der Waals surface area contributed by atoms with Gasteiger partial charge in [-0.05, 0) is 39.3 Å². The molecule has 2 aromatic rings. The van der Waals surface area contributed by atoms with Gasteiger partial charge in [0, 0.05) is 11.8 Å². The Morgan fingerprint density at radius 1 is 1.43 bits per heavy atom. The third-order valence-electron chi connectivity index (χ3n) is 3.16. The largest absolute Gasteiger partial charge is 0.370 e. The Morgan fingerprint density at radius 2 is 2.13 bits per heavy atom. The summed E-state index contributed by atoms with van der Waals surface area (Å²) < 4.78 is 7.25. The van der Waals surface area contributed by atoms with E-state index in [1.165, 1.54) is 17.1 Å². The van der Waals surface area contributed by atoms with Crippen LogP contribution in [0.2, 0.25) is 5.28 Å². The molecule has 0 N–H and O–H groups in total. The number of rotatable bonds is 5. The van der Waals surface area contributed by atoms with Crippen LogP contribution in [0.25, 0.3) is 0 Å². The Morgan fingerprint density at radius 3 is 2.70 bits per heavy atom. The van der Waals surface area contributed by atoms with Gasteiger partial charge in [-0.2, -0.15) is 5.10 Å². The Bertz CT molecular complexity index is 711. The molecule has 1 atom stereocenters. The molecule has 124 valence electrons. The third-order valence-corrected chi connectivity index (χ3v) is 3.34. The molecule has 2 aromatic heterocycles. The summed E-state index contributed by atoms with van der Waals surface area (Å²) in [5, 5.41) is 14.9. The molecule has 0 aliphatic rings. The van der Waals surface area contributed by atoms with Gasteiger partial charge in [0.25, 0.3) is 0 Å². The summed E-state index contributed by atoms with van der Waals surface area (Å²) >= 11 is 5.87. The molecular formula is C14H18ClN5O3. The zero-order valence-corrected chi connectivity index (χ0v) is 14.1. The summed E-state index contributed by atoms with van der Waals surface area (Å²) in [6.45, 7) is 7.93. The molecule has 2 heterocycles. The highest BCUT2D eigenvalue weighted by molar-refractivity contribution is 6.28. The lowest BCUT2D eigenvalue weighted by atomic mass is 10.1. The first-order chi connectivity index (χ1) is 10.7. The molecule has 0 aliphatic heterocycles. The van der Waals surface area contributed by atoms with E-state index in [1.54, 1.807) is 6.20 Å². The standard InChI is InChI=1S/C14H18ClN5O3/c1-9(19-7-10(5-17-19)20(21)22)11-6-16-13(15)18-12(11)8-23-14(2,3)4/h5-7,9H,8H2,1-4H3. The Balaban J connectivity index is 2.31. The van der Waals surface area contributed by atoms with Crippen LogP contribution in [0.15, 0.2) is 18.6 Å². The Kier molecular flexibility index (Phi) is 4.96. The van der Waals surface area contributed by atoms with E-state index < -0.39 is 4.92 Å². The number of nitrogens with zero attached hydrogens (tertiary/aromatic N) is 5. The third kappa shape index (κ3) is 4.46. The minimum atomic E-state index is -0.488. The van der Waals surface area contributed by atoms with Gasteiger partial charge in [-0.1, -0.05) is 0 Å². The first-order valence-electron chi connectivity index (χ1n) is 7.01. The molecule has 1 unspecified atom stereocenters. The van der Waals surface area contributed by atoms with E-state index >= 15 is 0 Å². The maximum absolute atomic E-state index is 10.8. The SMILES string of the molecule is CC(c1cnc(Cl)nc1COC(C)(C)C)n1cc([N+](=O)[O-])cn1. The maximum Gasteiger partial charge on any atom is 0.307 e. The molecule has 2 rings (SSSR count). The number of nitro groups is 1. The molecule has 0 saturated carbocycles. The van der Waals surface area contributed by atoms with Crippen LogP contribution in [0, 0.1) is 10.1 Å². The van der Waals surface area contributed by atoms with Crippen LogP contribution in [0.1, 0.15) is 45.0 Å². The fraction of sp³-hybridized carbons (Fsp3) is 0.500. The van der Waals surface area contributed by atoms with Crippen molar-refractivity contribution in [3.8, 4) is 0 Å². The fourth-order valence-electron chi connectivity index (χ4n) is 1.93. The van der Waals surface area contributed by atoms with Crippen molar-refractivity contribution in [2.75, 3.05) is 0 Å². The molecular weight excluding hydrogens is 322 g/mol. The maximum atomic E-state index is 10.8. The highest BCUT2D eigenvalue weighted by atomic mass is 35.5. The van der Waals surface area contributed by atoms with Crippen molar-refractivity contribution in [2.24, 2.45) is 0 Å². The highest BCUT2D eigenvalue weighted by Gasteiger charge is 2.20. The fourth-order valence-corrected chi connectivity index (χ4v) is 2.08. The average molecular weight is 340 g/mol. The van der Waals surface area contributed by atoms with Crippen LogP contribution < -0.4 is 0 Å². The van der Waals surface area contributed by atoms with Gasteiger partial charge in [0.15, 0.2) is 0 Å². The topological polar surface area (TPSA) is 96.0 Å². The van der Waals surface area contributed by atoms with E-state index in [1.807, 2.05) is 27.7 Å². The lowest BCUT2D eigenvalue weighted by molar-refractivity contribution is -0.385. The van der Waals surface area contributed by atoms with Gasteiger partial charge in [-0.3, -0.25) is 14.8 Å². The second-order valence-electron chi connectivity index (χ2n) is 6.05. The number of hydrogen-bond acceptors (Lipinski definition) is 6. The average Bonchev–Trinajstić information content (AvgIpc) is 2.94. The quantitative estimate of drug-likeness (QED) is 0.471. The summed E-state index contributed by atoms with van der Waals surface area (Å²) in [6, 6.07) is -0.292. The molecule has 8 nitrogen and oxygen atoms in total. The summed E-state index contributed by atoms with van der Waals surface area (Å²) in [4.78, 5) is 18.5. The second-order valence-corrected chi connectivity index (χ2v) is 6.39. The van der Waals surface area contributed by atoms with Crippen LogP contribution in [-0.2, 0) is 11.3 Å². The van der Waals surface area contributed by atoms with Crippen molar-refractivity contribution in [2.45, 2.75) is 45.9 Å². The first-order valence-corrected chi connectivity index (χ1v) is 7.39. The minimum Gasteiger partial charge on any atom is -0.370 e. The zero-order chi connectivity index (χ0) is 17.2. The number of hydrogen-bond donors (Lipinski definition) is 0. The van der Waals surface area contributed by atoms with Crippen molar-refractivity contribution in [3.63, 3.8) is 0 Å². The van der Waals surface area contributed by atoms with E-state index in [4.69, 9.17) is 16.3 Å². The van der Waals surface area contributed by atoms with E-state index in [2.05, 4.69) is 15.1 Å². The van der Waals surface area contributed by atoms with Crippen LogP contribution in [0.4, 0.5) is 5.69 Å². The van der Waals surface area contributed by atoms with Gasteiger partial charge in [-0.15, -0.1) is 0 Å². The van der Waals surface area contributed by atoms with E-state index in [0.717, 1.165) is 5.56 Å². The van der Waals surface area contributed by atoms with Gasteiger partial charge >= 0.3 is 5.69 Å². The normalized spacial score (nSPS) is 13.1. The molecule has 0 radical (unpaired) electrons. The van der Waals surface area contributed by atoms with Crippen LogP contribution >= 0.6 is 11.6 Å². The first kappa shape index (κ1) is 17.3. The predicted octanol–water partition coefficient (Wildman–Crippen LogP) is 3.16. The van der Waals surface area contributed by atoms with E-state index in [9.17, 15) is 10.1 Å². The van der Waals surface area contributed by atoms with Gasteiger partial charge in [0.05, 0.1) is 28.9 Å². The minimum absolute atomic E-state index is 0.0702. The molecule has 0 amide bonds. The van der Waals surface area contributed by atoms with E-state index in [-0.39, 0.29) is 29.2 Å². The van der Waals surface area contributed by atoms with Gasteiger partial charge in [0.1, 0.15) is 12.4 Å². The predicted molar refractivity (Wildman–Crippen MR) is 84.3 cm³/mol. The van der Waals surface area contributed by atoms with Crippen LogP contribution in [0.5, 0.6) is 0 Å². The van der Waals surface area contributed by atoms with Crippen molar-refractivity contribution >= 4 is 17.3 Å². The van der Waals surface area contributed by atoms with Crippen molar-refractivity contribution in [1.29, 1.82) is 0 Å². The van der Waals surface area contributed by atoms with Crippen molar-refractivity contribution in [1.82, 2.24) is 19.7 Å². The molecule has 23 heavy (non-hydrogen) atoms. The number of halogens is 1. The molecule has 0 aromatic carbocycles.